The molecule has 0 bridgehead atoms. The van der Waals surface area contributed by atoms with E-state index >= 15 is 0 Å². The highest BCUT2D eigenvalue weighted by atomic mass is 32.2. The van der Waals surface area contributed by atoms with Gasteiger partial charge in [-0.05, 0) is 33.2 Å². The summed E-state index contributed by atoms with van der Waals surface area (Å²) in [5.74, 6) is 0. The molecule has 1 aromatic carbocycles. The molecule has 3 unspecified atom stereocenters. The molecule has 4 heteroatoms. The second-order valence-corrected chi connectivity index (χ2v) is 7.59. The summed E-state index contributed by atoms with van der Waals surface area (Å²) in [5.41, 5.74) is 1.12. The lowest BCUT2D eigenvalue weighted by molar-refractivity contribution is 0.364. The second-order valence-electron chi connectivity index (χ2n) is 6.01. The van der Waals surface area contributed by atoms with Crippen molar-refractivity contribution in [3.63, 3.8) is 0 Å². The Labute approximate surface area is 129 Å². The van der Waals surface area contributed by atoms with E-state index in [0.717, 1.165) is 17.1 Å². The molecule has 2 aliphatic rings. The average Bonchev–Trinajstić information content (AvgIpc) is 2.47. The molecule has 3 nitrogen and oxygen atoms in total. The Kier molecular flexibility index (Phi) is 4.00. The van der Waals surface area contributed by atoms with Gasteiger partial charge in [0.2, 0.25) is 0 Å². The van der Waals surface area contributed by atoms with Crippen molar-refractivity contribution in [2.45, 2.75) is 29.2 Å². The molecule has 1 heterocycles. The summed E-state index contributed by atoms with van der Waals surface area (Å²) in [6, 6.07) is 8.66. The van der Waals surface area contributed by atoms with Gasteiger partial charge >= 0.3 is 0 Å². The van der Waals surface area contributed by atoms with Gasteiger partial charge < -0.3 is 9.80 Å². The maximum Gasteiger partial charge on any atom is 0.0818 e. The van der Waals surface area contributed by atoms with Crippen LogP contribution in [0.15, 0.2) is 53.5 Å². The van der Waals surface area contributed by atoms with E-state index in [9.17, 15) is 4.21 Å². The minimum Gasteiger partial charge on any atom is -0.359 e. The molecule has 1 aliphatic carbocycles. The SMILES string of the molecule is C[C@@H](CN(C)C)N1c2ccccc2S(=O)C2C=CC=CC21. The Morgan fingerprint density at radius 2 is 1.95 bits per heavy atom. The van der Waals surface area contributed by atoms with Gasteiger partial charge in [-0.25, -0.2) is 0 Å². The molecular formula is C17H22N2OS. The van der Waals surface area contributed by atoms with Gasteiger partial charge in [0.15, 0.2) is 0 Å². The Hall–Kier alpha value is -1.39. The van der Waals surface area contributed by atoms with Gasteiger partial charge in [-0.15, -0.1) is 0 Å². The number of para-hydroxylation sites is 1. The van der Waals surface area contributed by atoms with Crippen LogP contribution in [0.5, 0.6) is 0 Å². The van der Waals surface area contributed by atoms with Gasteiger partial charge in [-0.3, -0.25) is 4.21 Å². The summed E-state index contributed by atoms with van der Waals surface area (Å²) in [4.78, 5) is 5.60. The molecule has 3 rings (SSSR count). The number of allylic oxidation sites excluding steroid dienone is 2. The largest absolute Gasteiger partial charge is 0.359 e. The minimum atomic E-state index is -0.975. The molecule has 4 atom stereocenters. The van der Waals surface area contributed by atoms with Crippen molar-refractivity contribution in [2.75, 3.05) is 25.5 Å². The van der Waals surface area contributed by atoms with Gasteiger partial charge in [-0.1, -0.05) is 36.4 Å². The van der Waals surface area contributed by atoms with Crippen LogP contribution in [0.3, 0.4) is 0 Å². The van der Waals surface area contributed by atoms with Crippen LogP contribution >= 0.6 is 0 Å². The zero-order valence-corrected chi connectivity index (χ0v) is 13.6. The van der Waals surface area contributed by atoms with Crippen LogP contribution in [-0.4, -0.2) is 47.1 Å². The average molecular weight is 302 g/mol. The van der Waals surface area contributed by atoms with Gasteiger partial charge in [0.1, 0.15) is 0 Å². The topological polar surface area (TPSA) is 23.6 Å². The molecule has 0 radical (unpaired) electrons. The molecule has 0 amide bonds. The van der Waals surface area contributed by atoms with Gasteiger partial charge in [0.25, 0.3) is 0 Å². The number of hydrogen-bond donors (Lipinski definition) is 0. The van der Waals surface area contributed by atoms with Gasteiger partial charge in [-0.2, -0.15) is 0 Å². The van der Waals surface area contributed by atoms with Crippen LogP contribution in [0, 0.1) is 0 Å². The van der Waals surface area contributed by atoms with E-state index < -0.39 is 10.8 Å². The van der Waals surface area contributed by atoms with E-state index in [1.165, 1.54) is 0 Å². The molecule has 0 fully saturated rings. The third kappa shape index (κ3) is 2.58. The van der Waals surface area contributed by atoms with Crippen LogP contribution in [0.25, 0.3) is 0 Å². The molecule has 1 aliphatic heterocycles. The lowest BCUT2D eigenvalue weighted by Gasteiger charge is -2.45. The van der Waals surface area contributed by atoms with Gasteiger partial charge in [0, 0.05) is 12.6 Å². The molecule has 0 N–H and O–H groups in total. The van der Waals surface area contributed by atoms with E-state index in [2.05, 4.69) is 55.1 Å². The zero-order valence-electron chi connectivity index (χ0n) is 12.8. The van der Waals surface area contributed by atoms with Crippen LogP contribution < -0.4 is 4.90 Å². The lowest BCUT2D eigenvalue weighted by atomic mass is 10.0. The first kappa shape index (κ1) is 14.5. The van der Waals surface area contributed by atoms with E-state index in [0.29, 0.717) is 6.04 Å². The fourth-order valence-electron chi connectivity index (χ4n) is 3.32. The predicted octanol–water partition coefficient (Wildman–Crippen LogP) is 2.43. The first-order chi connectivity index (χ1) is 10.1. The third-order valence-corrected chi connectivity index (χ3v) is 5.80. The number of likely N-dealkylation sites (N-methyl/N-ethyl adjacent to an activating group) is 1. The number of rotatable bonds is 3. The van der Waals surface area contributed by atoms with E-state index in [-0.39, 0.29) is 11.3 Å². The lowest BCUT2D eigenvalue weighted by Crippen LogP contribution is -2.54. The number of benzene rings is 1. The Bertz CT molecular complexity index is 609. The van der Waals surface area contributed by atoms with E-state index in [1.807, 2.05) is 24.3 Å². The van der Waals surface area contributed by atoms with Crippen LogP contribution in [0.2, 0.25) is 0 Å². The van der Waals surface area contributed by atoms with Crippen molar-refractivity contribution in [3.05, 3.63) is 48.6 Å². The second kappa shape index (κ2) is 5.78. The third-order valence-electron chi connectivity index (χ3n) is 4.09. The number of nitrogens with zero attached hydrogens (tertiary/aromatic N) is 2. The number of fused-ring (bicyclic) bond motifs is 2. The minimum absolute atomic E-state index is 0.0505. The monoisotopic (exact) mass is 302 g/mol. The number of anilines is 1. The predicted molar refractivity (Wildman–Crippen MR) is 89.2 cm³/mol. The fraction of sp³-hybridized carbons (Fsp3) is 0.412. The van der Waals surface area contributed by atoms with Crippen molar-refractivity contribution in [3.8, 4) is 0 Å². The summed E-state index contributed by atoms with van der Waals surface area (Å²) in [6.07, 6.45) is 8.36. The highest BCUT2D eigenvalue weighted by Crippen LogP contribution is 2.38. The molecule has 112 valence electrons. The summed E-state index contributed by atoms with van der Waals surface area (Å²) in [7, 11) is 3.22. The fourth-order valence-corrected chi connectivity index (χ4v) is 4.91. The van der Waals surface area contributed by atoms with Crippen LogP contribution in [-0.2, 0) is 10.8 Å². The van der Waals surface area contributed by atoms with Crippen LogP contribution in [0.1, 0.15) is 6.92 Å². The summed E-state index contributed by atoms with van der Waals surface area (Å²) < 4.78 is 12.8. The highest BCUT2D eigenvalue weighted by Gasteiger charge is 2.39. The van der Waals surface area contributed by atoms with Crippen LogP contribution in [0.4, 0.5) is 5.69 Å². The van der Waals surface area contributed by atoms with E-state index in [4.69, 9.17) is 0 Å². The first-order valence-corrected chi connectivity index (χ1v) is 8.58. The quantitative estimate of drug-likeness (QED) is 0.857. The number of hydrogen-bond acceptors (Lipinski definition) is 3. The molecule has 0 saturated heterocycles. The maximum atomic E-state index is 12.8. The van der Waals surface area contributed by atoms with Crippen molar-refractivity contribution in [2.24, 2.45) is 0 Å². The zero-order chi connectivity index (χ0) is 15.0. The molecular weight excluding hydrogens is 280 g/mol. The van der Waals surface area contributed by atoms with Crippen molar-refractivity contribution in [1.29, 1.82) is 0 Å². The van der Waals surface area contributed by atoms with E-state index in [1.54, 1.807) is 0 Å². The standard InChI is InChI=1S/C17H22N2OS/c1-13(12-18(2)3)19-14-8-4-6-10-16(14)21(20)17-11-7-5-9-15(17)19/h4-11,13-14,16H,12H2,1-3H3/t13-,14?,16?,21?/m0/s1. The molecule has 0 aromatic heterocycles. The first-order valence-electron chi connectivity index (χ1n) is 7.37. The highest BCUT2D eigenvalue weighted by molar-refractivity contribution is 7.86. The Morgan fingerprint density at radius 3 is 2.71 bits per heavy atom. The van der Waals surface area contributed by atoms with Crippen molar-refractivity contribution in [1.82, 2.24) is 4.90 Å². The molecule has 0 spiro atoms. The molecule has 21 heavy (non-hydrogen) atoms. The van der Waals surface area contributed by atoms with Crippen molar-refractivity contribution < 1.29 is 4.21 Å². The Morgan fingerprint density at radius 1 is 1.24 bits per heavy atom. The van der Waals surface area contributed by atoms with Gasteiger partial charge in [0.05, 0.1) is 32.7 Å². The molecule has 1 aromatic rings. The maximum absolute atomic E-state index is 12.8. The normalized spacial score (nSPS) is 28.4. The smallest absolute Gasteiger partial charge is 0.0818 e. The Balaban J connectivity index is 2.07. The summed E-state index contributed by atoms with van der Waals surface area (Å²) >= 11 is 0. The summed E-state index contributed by atoms with van der Waals surface area (Å²) in [5, 5.41) is 0.0505. The molecule has 0 saturated carbocycles. The summed E-state index contributed by atoms with van der Waals surface area (Å²) in [6.45, 7) is 3.22. The van der Waals surface area contributed by atoms with Crippen molar-refractivity contribution >= 4 is 16.5 Å².